The molecule has 0 aliphatic carbocycles. The van der Waals surface area contributed by atoms with Crippen LogP contribution in [-0.2, 0) is 12.7 Å². The highest BCUT2D eigenvalue weighted by Gasteiger charge is 2.36. The Bertz CT molecular complexity index is 618. The van der Waals surface area contributed by atoms with Gasteiger partial charge in [-0.05, 0) is 12.1 Å². The van der Waals surface area contributed by atoms with Crippen molar-refractivity contribution in [1.82, 2.24) is 4.57 Å². The van der Waals surface area contributed by atoms with Crippen molar-refractivity contribution >= 4 is 28.9 Å². The Balaban J connectivity index is 2.35. The number of carbonyl (C=O) groups is 1. The molecule has 8 heteroatoms. The molecule has 19 heavy (non-hydrogen) atoms. The largest absolute Gasteiger partial charge is 0.478 e. The van der Waals surface area contributed by atoms with E-state index in [0.29, 0.717) is 4.34 Å². The number of alkyl halides is 3. The number of nitrogens with zero attached hydrogens (tertiary/aromatic N) is 1. The number of hydrogen-bond donors (Lipinski definition) is 1. The van der Waals surface area contributed by atoms with Crippen LogP contribution in [0.5, 0.6) is 0 Å². The molecule has 0 fully saturated rings. The predicted molar refractivity (Wildman–Crippen MR) is 64.8 cm³/mol. The van der Waals surface area contributed by atoms with Gasteiger partial charge in [0.1, 0.15) is 0 Å². The third kappa shape index (κ3) is 3.10. The van der Waals surface area contributed by atoms with Crippen LogP contribution in [0.3, 0.4) is 0 Å². The van der Waals surface area contributed by atoms with Gasteiger partial charge in [-0.3, -0.25) is 0 Å². The lowest BCUT2D eigenvalue weighted by Gasteiger charge is -2.04. The van der Waals surface area contributed by atoms with E-state index >= 15 is 0 Å². The van der Waals surface area contributed by atoms with Crippen molar-refractivity contribution in [3.8, 4) is 0 Å². The van der Waals surface area contributed by atoms with Crippen LogP contribution in [0.15, 0.2) is 24.5 Å². The zero-order valence-electron chi connectivity index (χ0n) is 9.24. The van der Waals surface area contributed by atoms with Crippen molar-refractivity contribution in [2.24, 2.45) is 0 Å². The SMILES string of the molecule is O=C(O)c1cn(Cc2ccc(Cl)s2)cc1C(F)(F)F. The predicted octanol–water partition coefficient (Wildman–Crippen LogP) is 3.97. The second-order valence-electron chi connectivity index (χ2n) is 3.77. The Morgan fingerprint density at radius 1 is 1.37 bits per heavy atom. The fourth-order valence-electron chi connectivity index (χ4n) is 1.61. The normalized spacial score (nSPS) is 11.8. The third-order valence-electron chi connectivity index (χ3n) is 2.38. The van der Waals surface area contributed by atoms with E-state index in [0.717, 1.165) is 17.3 Å². The molecular formula is C11H7ClF3NO2S. The highest BCUT2D eigenvalue weighted by atomic mass is 35.5. The number of aromatic nitrogens is 1. The van der Waals surface area contributed by atoms with E-state index < -0.39 is 23.3 Å². The molecule has 102 valence electrons. The van der Waals surface area contributed by atoms with E-state index in [1.807, 2.05) is 0 Å². The summed E-state index contributed by atoms with van der Waals surface area (Å²) < 4.78 is 39.7. The molecule has 2 rings (SSSR count). The Kier molecular flexibility index (Phi) is 3.60. The molecule has 0 saturated carbocycles. The molecule has 0 atom stereocenters. The number of aromatic carboxylic acids is 1. The summed E-state index contributed by atoms with van der Waals surface area (Å²) in [6.07, 6.45) is -2.93. The van der Waals surface area contributed by atoms with Gasteiger partial charge in [-0.15, -0.1) is 11.3 Å². The standard InChI is InChI=1S/C11H7ClF3NO2S/c12-9-2-1-6(19-9)3-16-4-7(10(17)18)8(5-16)11(13,14)15/h1-2,4-5H,3H2,(H,17,18). The molecule has 0 aliphatic heterocycles. The highest BCUT2D eigenvalue weighted by Crippen LogP contribution is 2.33. The van der Waals surface area contributed by atoms with Gasteiger partial charge in [-0.2, -0.15) is 13.2 Å². The van der Waals surface area contributed by atoms with Gasteiger partial charge in [0.25, 0.3) is 0 Å². The van der Waals surface area contributed by atoms with Crippen molar-refractivity contribution in [3.63, 3.8) is 0 Å². The molecule has 2 aromatic heterocycles. The maximum atomic E-state index is 12.7. The van der Waals surface area contributed by atoms with Gasteiger partial charge in [-0.1, -0.05) is 11.6 Å². The van der Waals surface area contributed by atoms with Crippen molar-refractivity contribution in [2.75, 3.05) is 0 Å². The first kappa shape index (κ1) is 14.0. The molecule has 3 nitrogen and oxygen atoms in total. The Morgan fingerprint density at radius 2 is 2.05 bits per heavy atom. The van der Waals surface area contributed by atoms with Crippen molar-refractivity contribution in [3.05, 3.63) is 44.9 Å². The van der Waals surface area contributed by atoms with Crippen molar-refractivity contribution in [1.29, 1.82) is 0 Å². The number of halogens is 4. The summed E-state index contributed by atoms with van der Waals surface area (Å²) in [4.78, 5) is 11.5. The average molecular weight is 310 g/mol. The van der Waals surface area contributed by atoms with Gasteiger partial charge < -0.3 is 9.67 Å². The van der Waals surface area contributed by atoms with Gasteiger partial charge in [-0.25, -0.2) is 4.79 Å². The van der Waals surface area contributed by atoms with E-state index in [2.05, 4.69) is 0 Å². The third-order valence-corrected chi connectivity index (χ3v) is 3.60. The van der Waals surface area contributed by atoms with Crippen LogP contribution in [-0.4, -0.2) is 15.6 Å². The Morgan fingerprint density at radius 3 is 2.47 bits per heavy atom. The molecule has 0 aliphatic rings. The lowest BCUT2D eigenvalue weighted by Crippen LogP contribution is -2.09. The van der Waals surface area contributed by atoms with Gasteiger partial charge >= 0.3 is 12.1 Å². The smallest absolute Gasteiger partial charge is 0.418 e. The van der Waals surface area contributed by atoms with Gasteiger partial charge in [0.05, 0.1) is 22.0 Å². The second-order valence-corrected chi connectivity index (χ2v) is 5.57. The van der Waals surface area contributed by atoms with E-state index in [4.69, 9.17) is 16.7 Å². The first-order chi connectivity index (χ1) is 8.77. The van der Waals surface area contributed by atoms with Gasteiger partial charge in [0, 0.05) is 17.3 Å². The summed E-state index contributed by atoms with van der Waals surface area (Å²) in [5.74, 6) is -1.60. The van der Waals surface area contributed by atoms with E-state index in [-0.39, 0.29) is 6.54 Å². The van der Waals surface area contributed by atoms with Crippen LogP contribution in [0.2, 0.25) is 4.34 Å². The molecule has 0 unspecified atom stereocenters. The summed E-state index contributed by atoms with van der Waals surface area (Å²) in [7, 11) is 0. The van der Waals surface area contributed by atoms with Gasteiger partial charge in [0.2, 0.25) is 0 Å². The van der Waals surface area contributed by atoms with Crippen LogP contribution in [0, 0.1) is 0 Å². The molecule has 0 radical (unpaired) electrons. The molecule has 0 saturated heterocycles. The zero-order valence-corrected chi connectivity index (χ0v) is 10.8. The molecule has 1 N–H and O–H groups in total. The number of carboxylic acid groups (broad SMARTS) is 1. The first-order valence-corrected chi connectivity index (χ1v) is 6.21. The minimum absolute atomic E-state index is 0.147. The summed E-state index contributed by atoms with van der Waals surface area (Å²) >= 11 is 6.95. The first-order valence-electron chi connectivity index (χ1n) is 5.02. The fourth-order valence-corrected chi connectivity index (χ4v) is 2.71. The number of rotatable bonds is 3. The highest BCUT2D eigenvalue weighted by molar-refractivity contribution is 7.16. The topological polar surface area (TPSA) is 42.2 Å². The lowest BCUT2D eigenvalue weighted by atomic mass is 10.2. The average Bonchev–Trinajstić information content (AvgIpc) is 2.85. The zero-order chi connectivity index (χ0) is 14.2. The maximum Gasteiger partial charge on any atom is 0.418 e. The van der Waals surface area contributed by atoms with Crippen LogP contribution in [0.25, 0.3) is 0 Å². The lowest BCUT2D eigenvalue weighted by molar-refractivity contribution is -0.138. The summed E-state index contributed by atoms with van der Waals surface area (Å²) in [5, 5.41) is 8.78. The van der Waals surface area contributed by atoms with Crippen LogP contribution >= 0.6 is 22.9 Å². The molecule has 0 bridgehead atoms. The molecule has 2 aromatic rings. The Labute approximate surface area is 114 Å². The van der Waals surface area contributed by atoms with E-state index in [1.54, 1.807) is 12.1 Å². The summed E-state index contributed by atoms with van der Waals surface area (Å²) in [6.45, 7) is 0.147. The van der Waals surface area contributed by atoms with Crippen LogP contribution in [0.1, 0.15) is 20.8 Å². The summed E-state index contributed by atoms with van der Waals surface area (Å²) in [5.41, 5.74) is -1.90. The van der Waals surface area contributed by atoms with Crippen molar-refractivity contribution < 1.29 is 23.1 Å². The number of carboxylic acids is 1. The van der Waals surface area contributed by atoms with E-state index in [9.17, 15) is 18.0 Å². The van der Waals surface area contributed by atoms with Crippen LogP contribution < -0.4 is 0 Å². The molecular weight excluding hydrogens is 303 g/mol. The quantitative estimate of drug-likeness (QED) is 0.932. The van der Waals surface area contributed by atoms with Crippen molar-refractivity contribution in [2.45, 2.75) is 12.7 Å². The molecule has 0 spiro atoms. The monoisotopic (exact) mass is 309 g/mol. The summed E-state index contributed by atoms with van der Waals surface area (Å²) in [6, 6.07) is 3.31. The Hall–Kier alpha value is -1.47. The number of thiophene rings is 1. The molecule has 2 heterocycles. The fraction of sp³-hybridized carbons (Fsp3) is 0.182. The molecule has 0 aromatic carbocycles. The minimum Gasteiger partial charge on any atom is -0.478 e. The molecule has 0 amide bonds. The maximum absolute atomic E-state index is 12.7. The number of hydrogen-bond acceptors (Lipinski definition) is 2. The van der Waals surface area contributed by atoms with Gasteiger partial charge in [0.15, 0.2) is 0 Å². The second kappa shape index (κ2) is 4.90. The minimum atomic E-state index is -4.69. The van der Waals surface area contributed by atoms with E-state index in [1.165, 1.54) is 15.9 Å². The van der Waals surface area contributed by atoms with Crippen LogP contribution in [0.4, 0.5) is 13.2 Å².